The number of thiophene rings is 1. The first-order valence-electron chi connectivity index (χ1n) is 11.8. The number of esters is 1. The van der Waals surface area contributed by atoms with Gasteiger partial charge in [-0.25, -0.2) is 13.2 Å². The van der Waals surface area contributed by atoms with Gasteiger partial charge in [-0.2, -0.15) is 4.31 Å². The van der Waals surface area contributed by atoms with Crippen molar-refractivity contribution in [2.75, 3.05) is 44.8 Å². The number of carbonyl (C=O) groups is 2. The Balaban J connectivity index is 0.00000361. The van der Waals surface area contributed by atoms with Crippen LogP contribution in [0.25, 0.3) is 0 Å². The number of ether oxygens (including phenoxy) is 2. The topological polar surface area (TPSA) is 105 Å². The van der Waals surface area contributed by atoms with Crippen LogP contribution < -0.4 is 5.32 Å². The SMILES string of the molecule is CCOC(=O)c1c(NC(=O)c2ccc(S(=O)(=O)N3CCOCC3)cc2)sc2c1CCN(C(C)C)C2.Cl. The Labute approximate surface area is 222 Å². The molecular weight excluding hydrogens is 526 g/mol. The number of fused-ring (bicyclic) bond motifs is 1. The van der Waals surface area contributed by atoms with Crippen LogP contribution in [0.3, 0.4) is 0 Å². The summed E-state index contributed by atoms with van der Waals surface area (Å²) < 4.78 is 37.6. The van der Waals surface area contributed by atoms with Gasteiger partial charge in [0.2, 0.25) is 10.0 Å². The molecule has 0 atom stereocenters. The first kappa shape index (κ1) is 28.5. The van der Waals surface area contributed by atoms with E-state index in [-0.39, 0.29) is 23.9 Å². The highest BCUT2D eigenvalue weighted by Crippen LogP contribution is 2.38. The van der Waals surface area contributed by atoms with Gasteiger partial charge in [0.1, 0.15) is 5.00 Å². The van der Waals surface area contributed by atoms with E-state index >= 15 is 0 Å². The summed E-state index contributed by atoms with van der Waals surface area (Å²) >= 11 is 1.40. The standard InChI is InChI=1S/C24H31N3O6S2.ClH/c1-4-33-24(29)21-19-9-10-26(16(2)3)15-20(19)34-23(21)25-22(28)17-5-7-18(8-6-17)35(30,31)27-11-13-32-14-12-27;/h5-8,16H,4,9-15H2,1-3H3,(H,25,28);1H. The maximum atomic E-state index is 13.1. The number of hydrogen-bond donors (Lipinski definition) is 1. The van der Waals surface area contributed by atoms with Crippen LogP contribution in [0.5, 0.6) is 0 Å². The van der Waals surface area contributed by atoms with Crippen molar-refractivity contribution >= 4 is 50.6 Å². The van der Waals surface area contributed by atoms with Crippen LogP contribution in [-0.2, 0) is 32.5 Å². The Morgan fingerprint density at radius 1 is 1.14 bits per heavy atom. The van der Waals surface area contributed by atoms with Crippen LogP contribution in [-0.4, -0.2) is 75.0 Å². The third kappa shape index (κ3) is 5.92. The lowest BCUT2D eigenvalue weighted by Gasteiger charge is -2.30. The molecule has 1 aromatic carbocycles. The monoisotopic (exact) mass is 557 g/mol. The molecule has 1 aromatic heterocycles. The van der Waals surface area contributed by atoms with Gasteiger partial charge in [-0.3, -0.25) is 9.69 Å². The summed E-state index contributed by atoms with van der Waals surface area (Å²) in [6.45, 7) is 9.15. The quantitative estimate of drug-likeness (QED) is 0.520. The highest BCUT2D eigenvalue weighted by molar-refractivity contribution is 7.89. The number of sulfonamides is 1. The summed E-state index contributed by atoms with van der Waals surface area (Å²) in [5.74, 6) is -0.851. The van der Waals surface area contributed by atoms with Gasteiger partial charge in [0.15, 0.2) is 0 Å². The van der Waals surface area contributed by atoms with Gasteiger partial charge < -0.3 is 14.8 Å². The van der Waals surface area contributed by atoms with Gasteiger partial charge in [0.05, 0.1) is 30.3 Å². The number of amides is 1. The summed E-state index contributed by atoms with van der Waals surface area (Å²) in [7, 11) is -3.64. The molecule has 12 heteroatoms. The second-order valence-corrected chi connectivity index (χ2v) is 11.8. The molecule has 0 saturated carbocycles. The van der Waals surface area contributed by atoms with E-state index in [2.05, 4.69) is 24.1 Å². The molecule has 3 heterocycles. The molecule has 1 fully saturated rings. The average molecular weight is 558 g/mol. The minimum absolute atomic E-state index is 0. The zero-order chi connectivity index (χ0) is 25.2. The summed E-state index contributed by atoms with van der Waals surface area (Å²) in [6, 6.07) is 6.22. The number of benzene rings is 1. The zero-order valence-corrected chi connectivity index (χ0v) is 23.1. The van der Waals surface area contributed by atoms with Crippen molar-refractivity contribution in [3.05, 3.63) is 45.8 Å². The van der Waals surface area contributed by atoms with Gasteiger partial charge in [0.25, 0.3) is 5.91 Å². The number of carbonyl (C=O) groups excluding carboxylic acids is 2. The smallest absolute Gasteiger partial charge is 0.341 e. The highest BCUT2D eigenvalue weighted by Gasteiger charge is 2.31. The third-order valence-corrected chi connectivity index (χ3v) is 9.29. The highest BCUT2D eigenvalue weighted by atomic mass is 35.5. The van der Waals surface area contributed by atoms with Crippen molar-refractivity contribution in [3.63, 3.8) is 0 Å². The van der Waals surface area contributed by atoms with E-state index < -0.39 is 21.9 Å². The molecule has 1 N–H and O–H groups in total. The molecule has 0 spiro atoms. The lowest BCUT2D eigenvalue weighted by molar-refractivity contribution is 0.0526. The van der Waals surface area contributed by atoms with E-state index in [1.54, 1.807) is 6.92 Å². The van der Waals surface area contributed by atoms with Crippen molar-refractivity contribution in [2.24, 2.45) is 0 Å². The maximum absolute atomic E-state index is 13.1. The van der Waals surface area contributed by atoms with E-state index in [9.17, 15) is 18.0 Å². The molecule has 0 aliphatic carbocycles. The molecule has 4 rings (SSSR count). The maximum Gasteiger partial charge on any atom is 0.341 e. The van der Waals surface area contributed by atoms with E-state index in [0.29, 0.717) is 61.4 Å². The molecule has 198 valence electrons. The molecular formula is C24H32ClN3O6S2. The van der Waals surface area contributed by atoms with Crippen molar-refractivity contribution in [1.82, 2.24) is 9.21 Å². The zero-order valence-electron chi connectivity index (χ0n) is 20.6. The number of hydrogen-bond acceptors (Lipinski definition) is 8. The average Bonchev–Trinajstić information content (AvgIpc) is 3.21. The summed E-state index contributed by atoms with van der Waals surface area (Å²) in [5.41, 5.74) is 1.67. The van der Waals surface area contributed by atoms with Crippen LogP contribution >= 0.6 is 23.7 Å². The third-order valence-electron chi connectivity index (χ3n) is 6.25. The number of nitrogens with one attached hydrogen (secondary N) is 1. The molecule has 2 aromatic rings. The Morgan fingerprint density at radius 2 is 1.81 bits per heavy atom. The first-order valence-corrected chi connectivity index (χ1v) is 14.0. The fourth-order valence-electron chi connectivity index (χ4n) is 4.26. The summed E-state index contributed by atoms with van der Waals surface area (Å²) in [6.07, 6.45) is 0.710. The lowest BCUT2D eigenvalue weighted by Crippen LogP contribution is -2.40. The number of halogens is 1. The van der Waals surface area contributed by atoms with Gasteiger partial charge in [-0.15, -0.1) is 23.7 Å². The number of morpholine rings is 1. The van der Waals surface area contributed by atoms with Gasteiger partial charge in [-0.05, 0) is 57.0 Å². The van der Waals surface area contributed by atoms with Gasteiger partial charge in [-0.1, -0.05) is 0 Å². The number of nitrogens with zero attached hydrogens (tertiary/aromatic N) is 2. The largest absolute Gasteiger partial charge is 0.462 e. The minimum atomic E-state index is -3.64. The van der Waals surface area contributed by atoms with E-state index in [1.807, 2.05) is 0 Å². The van der Waals surface area contributed by atoms with Crippen LogP contribution in [0.2, 0.25) is 0 Å². The van der Waals surface area contributed by atoms with E-state index in [4.69, 9.17) is 9.47 Å². The number of anilines is 1. The molecule has 0 radical (unpaired) electrons. The Hall–Kier alpha value is -2.02. The predicted molar refractivity (Wildman–Crippen MR) is 141 cm³/mol. The van der Waals surface area contributed by atoms with Gasteiger partial charge in [0, 0.05) is 42.7 Å². The normalized spacial score (nSPS) is 16.8. The molecule has 9 nitrogen and oxygen atoms in total. The predicted octanol–water partition coefficient (Wildman–Crippen LogP) is 3.39. The molecule has 36 heavy (non-hydrogen) atoms. The summed E-state index contributed by atoms with van der Waals surface area (Å²) in [4.78, 5) is 29.3. The van der Waals surface area contributed by atoms with Gasteiger partial charge >= 0.3 is 5.97 Å². The molecule has 0 bridgehead atoms. The molecule has 1 saturated heterocycles. The van der Waals surface area contributed by atoms with E-state index in [1.165, 1.54) is 39.9 Å². The van der Waals surface area contributed by atoms with E-state index in [0.717, 1.165) is 17.0 Å². The molecule has 0 unspecified atom stereocenters. The lowest BCUT2D eigenvalue weighted by atomic mass is 10.0. The fourth-order valence-corrected chi connectivity index (χ4v) is 6.93. The van der Waals surface area contributed by atoms with Crippen LogP contribution in [0.15, 0.2) is 29.2 Å². The van der Waals surface area contributed by atoms with Crippen LogP contribution in [0, 0.1) is 0 Å². The number of rotatable bonds is 7. The van der Waals surface area contributed by atoms with Crippen molar-refractivity contribution in [1.29, 1.82) is 0 Å². The van der Waals surface area contributed by atoms with Crippen LogP contribution in [0.1, 0.15) is 51.9 Å². The molecule has 1 amide bonds. The summed E-state index contributed by atoms with van der Waals surface area (Å²) in [5, 5.41) is 3.34. The Morgan fingerprint density at radius 3 is 2.42 bits per heavy atom. The fraction of sp³-hybridized carbons (Fsp3) is 0.500. The Bertz CT molecular complexity index is 1190. The Kier molecular flexibility index (Phi) is 9.53. The van der Waals surface area contributed by atoms with Crippen LogP contribution in [0.4, 0.5) is 5.00 Å². The second kappa shape index (κ2) is 12.0. The molecule has 2 aliphatic heterocycles. The molecule has 2 aliphatic rings. The van der Waals surface area contributed by atoms with Crippen molar-refractivity contribution in [2.45, 2.75) is 44.7 Å². The minimum Gasteiger partial charge on any atom is -0.462 e. The van der Waals surface area contributed by atoms with Crippen molar-refractivity contribution in [3.8, 4) is 0 Å². The first-order chi connectivity index (χ1) is 16.7. The van der Waals surface area contributed by atoms with Crippen molar-refractivity contribution < 1.29 is 27.5 Å². The second-order valence-electron chi connectivity index (χ2n) is 8.74.